The second-order valence-electron chi connectivity index (χ2n) is 8.14. The molecule has 1 saturated heterocycles. The van der Waals surface area contributed by atoms with Crippen LogP contribution >= 0.6 is 11.9 Å². The molecule has 1 aliphatic rings. The summed E-state index contributed by atoms with van der Waals surface area (Å²) in [6, 6.07) is 12.8. The van der Waals surface area contributed by atoms with Gasteiger partial charge in [-0.25, -0.2) is 0 Å². The van der Waals surface area contributed by atoms with E-state index in [0.717, 1.165) is 46.4 Å². The lowest BCUT2D eigenvalue weighted by molar-refractivity contribution is -0.140. The molecule has 0 bridgehead atoms. The second kappa shape index (κ2) is 11.2. The van der Waals surface area contributed by atoms with Gasteiger partial charge in [0.25, 0.3) is 0 Å². The summed E-state index contributed by atoms with van der Waals surface area (Å²) in [6.45, 7) is 0.461. The quantitative estimate of drug-likeness (QED) is 0.302. The molecular formula is C25H27F3N4O2S. The van der Waals surface area contributed by atoms with Gasteiger partial charge in [-0.1, -0.05) is 12.0 Å². The monoisotopic (exact) mass is 504 g/mol. The Morgan fingerprint density at radius 2 is 1.97 bits per heavy atom. The van der Waals surface area contributed by atoms with Crippen LogP contribution in [-0.4, -0.2) is 43.7 Å². The van der Waals surface area contributed by atoms with Crippen molar-refractivity contribution in [2.45, 2.75) is 36.5 Å². The van der Waals surface area contributed by atoms with Gasteiger partial charge in [-0.05, 0) is 67.1 Å². The summed E-state index contributed by atoms with van der Waals surface area (Å²) in [4.78, 5) is 0.848. The zero-order valence-corrected chi connectivity index (χ0v) is 20.1. The average Bonchev–Trinajstić information content (AvgIpc) is 3.19. The number of rotatable bonds is 7. The normalized spacial score (nSPS) is 14.4. The number of alkyl halides is 3. The van der Waals surface area contributed by atoms with Crippen LogP contribution in [0, 0.1) is 11.8 Å². The van der Waals surface area contributed by atoms with Crippen molar-refractivity contribution in [2.75, 3.05) is 37.5 Å². The zero-order chi connectivity index (χ0) is 24.8. The minimum atomic E-state index is -4.37. The Kier molecular flexibility index (Phi) is 8.00. The Hall–Kier alpha value is -3.00. The molecule has 0 radical (unpaired) electrons. The second-order valence-corrected chi connectivity index (χ2v) is 8.84. The van der Waals surface area contributed by atoms with Gasteiger partial charge < -0.3 is 24.7 Å². The van der Waals surface area contributed by atoms with Crippen molar-refractivity contribution in [3.63, 3.8) is 0 Å². The molecule has 0 amide bonds. The number of anilines is 2. The first kappa shape index (κ1) is 25.1. The van der Waals surface area contributed by atoms with E-state index in [1.165, 1.54) is 4.57 Å². The first-order valence-corrected chi connectivity index (χ1v) is 12.1. The molecule has 2 aromatic carbocycles. The van der Waals surface area contributed by atoms with E-state index < -0.39 is 12.7 Å². The number of hydrogen-bond donors (Lipinski definition) is 3. The van der Waals surface area contributed by atoms with Crippen LogP contribution < -0.4 is 20.5 Å². The molecule has 1 aromatic heterocycles. The molecule has 2 heterocycles. The van der Waals surface area contributed by atoms with Crippen molar-refractivity contribution in [3.8, 4) is 17.6 Å². The summed E-state index contributed by atoms with van der Waals surface area (Å²) in [6.07, 6.45) is -2.67. The molecule has 0 spiro atoms. The fraction of sp³-hybridized carbons (Fsp3) is 0.360. The molecule has 1 fully saturated rings. The van der Waals surface area contributed by atoms with Gasteiger partial charge in [0.2, 0.25) is 0 Å². The number of benzene rings is 2. The molecule has 3 aromatic rings. The Morgan fingerprint density at radius 1 is 1.17 bits per heavy atom. The Bertz CT molecular complexity index is 1230. The first-order chi connectivity index (χ1) is 16.9. The standard InChI is InChI=1S/C25H27F3N4O2S/c1-33-24-15-19(35-29)7-8-22(24)30-11-3-4-18-14-20-21(31-17-9-12-34-13-10-17)5-2-6-23(20)32(18)16-25(26,27)28/h2,5-8,14-15,17,30-31H,9-13,16,29H2,1H3. The molecule has 35 heavy (non-hydrogen) atoms. The number of nitrogens with one attached hydrogen (secondary N) is 2. The van der Waals surface area contributed by atoms with Crippen molar-refractivity contribution in [1.29, 1.82) is 0 Å². The lowest BCUT2D eigenvalue weighted by atomic mass is 10.1. The van der Waals surface area contributed by atoms with Crippen LogP contribution in [-0.2, 0) is 11.3 Å². The molecule has 1 aliphatic heterocycles. The summed E-state index contributed by atoms with van der Waals surface area (Å²) in [5.74, 6) is 6.48. The van der Waals surface area contributed by atoms with Gasteiger partial charge in [0, 0.05) is 35.2 Å². The lowest BCUT2D eigenvalue weighted by Gasteiger charge is -2.24. The molecule has 186 valence electrons. The molecule has 0 atom stereocenters. The average molecular weight is 505 g/mol. The number of aromatic nitrogens is 1. The van der Waals surface area contributed by atoms with Crippen molar-refractivity contribution < 1.29 is 22.6 Å². The van der Waals surface area contributed by atoms with Crippen LogP contribution in [0.15, 0.2) is 47.4 Å². The van der Waals surface area contributed by atoms with E-state index in [-0.39, 0.29) is 12.6 Å². The van der Waals surface area contributed by atoms with E-state index >= 15 is 0 Å². The molecule has 6 nitrogen and oxygen atoms in total. The van der Waals surface area contributed by atoms with Crippen molar-refractivity contribution >= 4 is 34.2 Å². The van der Waals surface area contributed by atoms with Gasteiger partial charge in [-0.3, -0.25) is 5.14 Å². The molecule has 0 saturated carbocycles. The molecule has 4 rings (SSSR count). The van der Waals surface area contributed by atoms with Crippen LogP contribution in [0.5, 0.6) is 5.75 Å². The number of fused-ring (bicyclic) bond motifs is 1. The minimum absolute atomic E-state index is 0.220. The summed E-state index contributed by atoms with van der Waals surface area (Å²) in [5, 5.41) is 12.9. The minimum Gasteiger partial charge on any atom is -0.495 e. The maximum Gasteiger partial charge on any atom is 0.406 e. The summed E-state index contributed by atoms with van der Waals surface area (Å²) < 4.78 is 52.3. The Labute approximate surface area is 206 Å². The van der Waals surface area contributed by atoms with Gasteiger partial charge >= 0.3 is 6.18 Å². The van der Waals surface area contributed by atoms with E-state index in [2.05, 4.69) is 22.5 Å². The molecular weight excluding hydrogens is 477 g/mol. The third-order valence-corrected chi connectivity index (χ3v) is 6.28. The van der Waals surface area contributed by atoms with Crippen LogP contribution in [0.25, 0.3) is 10.9 Å². The molecule has 0 unspecified atom stereocenters. The van der Waals surface area contributed by atoms with Gasteiger partial charge in [0.05, 0.1) is 30.6 Å². The maximum absolute atomic E-state index is 13.4. The molecule has 4 N–H and O–H groups in total. The molecule has 0 aliphatic carbocycles. The third kappa shape index (κ3) is 6.36. The van der Waals surface area contributed by atoms with E-state index in [0.29, 0.717) is 30.2 Å². The maximum atomic E-state index is 13.4. The van der Waals surface area contributed by atoms with Gasteiger partial charge in [0.15, 0.2) is 0 Å². The van der Waals surface area contributed by atoms with E-state index in [1.807, 2.05) is 18.2 Å². The van der Waals surface area contributed by atoms with Gasteiger partial charge in [0.1, 0.15) is 12.3 Å². The van der Waals surface area contributed by atoms with Crippen molar-refractivity contribution in [1.82, 2.24) is 4.57 Å². The number of halogens is 3. The van der Waals surface area contributed by atoms with Crippen molar-refractivity contribution in [2.24, 2.45) is 5.14 Å². The van der Waals surface area contributed by atoms with Crippen LogP contribution in [0.4, 0.5) is 24.5 Å². The van der Waals surface area contributed by atoms with Gasteiger partial charge in [-0.2, -0.15) is 13.2 Å². The number of nitrogens with zero attached hydrogens (tertiary/aromatic N) is 1. The fourth-order valence-electron chi connectivity index (χ4n) is 4.09. The number of hydrogen-bond acceptors (Lipinski definition) is 6. The number of nitrogens with two attached hydrogens (primary N) is 1. The predicted octanol–water partition coefficient (Wildman–Crippen LogP) is 5.23. The highest BCUT2D eigenvalue weighted by Gasteiger charge is 2.30. The highest BCUT2D eigenvalue weighted by Crippen LogP contribution is 2.31. The van der Waals surface area contributed by atoms with E-state index in [1.54, 1.807) is 31.4 Å². The topological polar surface area (TPSA) is 73.5 Å². The lowest BCUT2D eigenvalue weighted by Crippen LogP contribution is -2.27. The first-order valence-electron chi connectivity index (χ1n) is 11.2. The van der Waals surface area contributed by atoms with Gasteiger partial charge in [-0.15, -0.1) is 0 Å². The highest BCUT2D eigenvalue weighted by molar-refractivity contribution is 7.97. The van der Waals surface area contributed by atoms with Crippen LogP contribution in [0.2, 0.25) is 0 Å². The van der Waals surface area contributed by atoms with Crippen molar-refractivity contribution in [3.05, 3.63) is 48.2 Å². The SMILES string of the molecule is COc1cc(SN)ccc1NCC#Cc1cc2c(NC3CCOCC3)cccc2n1CC(F)(F)F. The predicted molar refractivity (Wildman–Crippen MR) is 134 cm³/mol. The Balaban J connectivity index is 1.60. The van der Waals surface area contributed by atoms with E-state index in [4.69, 9.17) is 14.6 Å². The number of ether oxygens (including phenoxy) is 2. The fourth-order valence-corrected chi connectivity index (χ4v) is 4.41. The summed E-state index contributed by atoms with van der Waals surface area (Å²) in [7, 11) is 1.55. The van der Waals surface area contributed by atoms with E-state index in [9.17, 15) is 13.2 Å². The summed E-state index contributed by atoms with van der Waals surface area (Å²) in [5.41, 5.74) is 2.33. The highest BCUT2D eigenvalue weighted by atomic mass is 32.2. The largest absolute Gasteiger partial charge is 0.495 e. The zero-order valence-electron chi connectivity index (χ0n) is 19.2. The van der Waals surface area contributed by atoms with Crippen LogP contribution in [0.3, 0.4) is 0 Å². The molecule has 10 heteroatoms. The van der Waals surface area contributed by atoms with Crippen LogP contribution in [0.1, 0.15) is 18.5 Å². The Morgan fingerprint density at radius 3 is 2.69 bits per heavy atom. The summed E-state index contributed by atoms with van der Waals surface area (Å²) >= 11 is 1.11. The number of methoxy groups -OCH3 is 1. The third-order valence-electron chi connectivity index (χ3n) is 5.76. The smallest absolute Gasteiger partial charge is 0.406 e.